The third-order valence-electron chi connectivity index (χ3n) is 3.00. The molecule has 0 bridgehead atoms. The van der Waals surface area contributed by atoms with Gasteiger partial charge in [-0.25, -0.2) is 4.79 Å². The van der Waals surface area contributed by atoms with Gasteiger partial charge in [-0.05, 0) is 31.2 Å². The summed E-state index contributed by atoms with van der Waals surface area (Å²) in [5.41, 5.74) is 0. The van der Waals surface area contributed by atoms with Crippen LogP contribution in [0.4, 0.5) is 4.79 Å². The molecule has 0 aliphatic rings. The van der Waals surface area contributed by atoms with Crippen LogP contribution in [0.2, 0.25) is 0 Å². The van der Waals surface area contributed by atoms with Crippen molar-refractivity contribution < 1.29 is 4.79 Å². The monoisotopic (exact) mass is 287 g/mol. The normalized spacial score (nSPS) is 11.7. The standard InChI is InChI=1S/C16H15OPS/c1-2-13-18(16(17)19,14-9-5-3-6-10-14)15-11-7-4-8-12-15/h2-13H,1H3/p+1/b13-2+. The Morgan fingerprint density at radius 1 is 0.947 bits per heavy atom. The van der Waals surface area contributed by atoms with Crippen LogP contribution in [-0.4, -0.2) is 4.86 Å². The Labute approximate surface area is 120 Å². The van der Waals surface area contributed by atoms with Gasteiger partial charge < -0.3 is 0 Å². The number of allylic oxidation sites excluding steroid dienone is 1. The Morgan fingerprint density at radius 3 is 1.68 bits per heavy atom. The molecular weight excluding hydrogens is 271 g/mol. The van der Waals surface area contributed by atoms with Crippen LogP contribution in [0, 0.1) is 0 Å². The molecule has 0 unspecified atom stereocenters. The van der Waals surface area contributed by atoms with Gasteiger partial charge in [0.15, 0.2) is 7.26 Å². The number of benzene rings is 2. The van der Waals surface area contributed by atoms with Crippen molar-refractivity contribution >= 4 is 35.4 Å². The predicted molar refractivity (Wildman–Crippen MR) is 88.3 cm³/mol. The minimum atomic E-state index is -2.23. The van der Waals surface area contributed by atoms with E-state index in [-0.39, 0.29) is 4.86 Å². The van der Waals surface area contributed by atoms with Gasteiger partial charge in [0.05, 0.1) is 5.82 Å². The first-order valence-corrected chi connectivity index (χ1v) is 8.39. The molecule has 2 aromatic carbocycles. The van der Waals surface area contributed by atoms with Crippen LogP contribution in [0.15, 0.2) is 72.6 Å². The second kappa shape index (κ2) is 6.18. The van der Waals surface area contributed by atoms with Gasteiger partial charge in [-0.15, -0.1) is 0 Å². The van der Waals surface area contributed by atoms with Crippen molar-refractivity contribution in [1.29, 1.82) is 0 Å². The lowest BCUT2D eigenvalue weighted by molar-refractivity contribution is 0.276. The van der Waals surface area contributed by atoms with E-state index in [1.807, 2.05) is 79.5 Å². The van der Waals surface area contributed by atoms with Crippen LogP contribution in [-0.2, 0) is 0 Å². The quantitative estimate of drug-likeness (QED) is 0.657. The minimum Gasteiger partial charge on any atom is -0.239 e. The summed E-state index contributed by atoms with van der Waals surface area (Å²) in [4.78, 5) is 12.3. The van der Waals surface area contributed by atoms with Gasteiger partial charge >= 0.3 is 4.86 Å². The van der Waals surface area contributed by atoms with Gasteiger partial charge in [0.25, 0.3) is 0 Å². The summed E-state index contributed by atoms with van der Waals surface area (Å²) in [7, 11) is -2.23. The molecule has 0 aromatic heterocycles. The van der Waals surface area contributed by atoms with Crippen molar-refractivity contribution in [3.8, 4) is 0 Å². The van der Waals surface area contributed by atoms with Crippen LogP contribution in [0.3, 0.4) is 0 Å². The third kappa shape index (κ3) is 2.65. The summed E-state index contributed by atoms with van der Waals surface area (Å²) in [5.74, 6) is 2.02. The van der Waals surface area contributed by atoms with Crippen molar-refractivity contribution in [3.05, 3.63) is 72.6 Å². The Balaban J connectivity index is 2.72. The summed E-state index contributed by atoms with van der Waals surface area (Å²) in [6, 6.07) is 19.8. The van der Waals surface area contributed by atoms with Gasteiger partial charge in [-0.3, -0.25) is 0 Å². The van der Waals surface area contributed by atoms with E-state index in [0.717, 1.165) is 10.6 Å². The van der Waals surface area contributed by atoms with E-state index in [1.54, 1.807) is 0 Å². The van der Waals surface area contributed by atoms with Crippen LogP contribution < -0.4 is 10.6 Å². The highest BCUT2D eigenvalue weighted by atomic mass is 32.1. The van der Waals surface area contributed by atoms with Crippen molar-refractivity contribution in [1.82, 2.24) is 0 Å². The highest BCUT2D eigenvalue weighted by Crippen LogP contribution is 2.60. The Morgan fingerprint density at radius 2 is 1.37 bits per heavy atom. The number of carbonyl (C=O) groups excluding carboxylic acids is 1. The SMILES string of the molecule is C/C=C/[P+](C(=O)S)(c1ccccc1)c1ccccc1. The van der Waals surface area contributed by atoms with Crippen molar-refractivity contribution in [2.24, 2.45) is 0 Å². The molecule has 0 radical (unpaired) electrons. The second-order valence-electron chi connectivity index (χ2n) is 4.16. The van der Waals surface area contributed by atoms with Crippen molar-refractivity contribution in [2.75, 3.05) is 0 Å². The van der Waals surface area contributed by atoms with E-state index in [4.69, 9.17) is 0 Å². The van der Waals surface area contributed by atoms with Crippen molar-refractivity contribution in [2.45, 2.75) is 6.92 Å². The van der Waals surface area contributed by atoms with Crippen molar-refractivity contribution in [3.63, 3.8) is 0 Å². The summed E-state index contributed by atoms with van der Waals surface area (Å²) in [6.07, 6.45) is 1.95. The number of thiol groups is 1. The van der Waals surface area contributed by atoms with E-state index in [2.05, 4.69) is 12.6 Å². The zero-order chi connectivity index (χ0) is 13.7. The van der Waals surface area contributed by atoms with Crippen LogP contribution in [0.1, 0.15) is 6.92 Å². The molecule has 0 aliphatic carbocycles. The van der Waals surface area contributed by atoms with Crippen LogP contribution in [0.25, 0.3) is 0 Å². The zero-order valence-electron chi connectivity index (χ0n) is 10.7. The van der Waals surface area contributed by atoms with Gasteiger partial charge in [0.1, 0.15) is 10.6 Å². The third-order valence-corrected chi connectivity index (χ3v) is 7.52. The summed E-state index contributed by atoms with van der Waals surface area (Å²) in [6.45, 7) is 1.94. The molecule has 0 atom stereocenters. The molecule has 1 nitrogen and oxygen atoms in total. The summed E-state index contributed by atoms with van der Waals surface area (Å²) < 4.78 is 0. The molecule has 0 N–H and O–H groups in total. The molecule has 96 valence electrons. The molecule has 2 aromatic rings. The highest BCUT2D eigenvalue weighted by Gasteiger charge is 2.47. The number of carbonyl (C=O) groups is 1. The van der Waals surface area contributed by atoms with Crippen LogP contribution >= 0.6 is 19.9 Å². The number of hydrogen-bond donors (Lipinski definition) is 1. The average molecular weight is 287 g/mol. The molecule has 0 heterocycles. The van der Waals surface area contributed by atoms with Crippen LogP contribution in [0.5, 0.6) is 0 Å². The first kappa shape index (κ1) is 14.0. The van der Waals surface area contributed by atoms with E-state index < -0.39 is 7.26 Å². The van der Waals surface area contributed by atoms with E-state index in [0.29, 0.717) is 0 Å². The maximum atomic E-state index is 12.3. The smallest absolute Gasteiger partial charge is 0.239 e. The maximum Gasteiger partial charge on any atom is 0.336 e. The fraction of sp³-hybridized carbons (Fsp3) is 0.0625. The van der Waals surface area contributed by atoms with E-state index in [9.17, 15) is 4.79 Å². The predicted octanol–water partition coefficient (Wildman–Crippen LogP) is 4.24. The molecule has 0 saturated heterocycles. The Hall–Kier alpha value is -1.37. The number of rotatable bonds is 4. The molecule has 19 heavy (non-hydrogen) atoms. The summed E-state index contributed by atoms with van der Waals surface area (Å²) in [5, 5.41) is 2.08. The fourth-order valence-electron chi connectivity index (χ4n) is 2.16. The van der Waals surface area contributed by atoms with Gasteiger partial charge in [-0.2, -0.15) is 0 Å². The lowest BCUT2D eigenvalue weighted by Crippen LogP contribution is -2.24. The maximum absolute atomic E-state index is 12.3. The Bertz CT molecular complexity index is 539. The molecule has 0 spiro atoms. The molecule has 0 fully saturated rings. The second-order valence-corrected chi connectivity index (χ2v) is 8.10. The fourth-order valence-corrected chi connectivity index (χ4v) is 5.99. The highest BCUT2D eigenvalue weighted by molar-refractivity contribution is 8.25. The molecule has 2 rings (SSSR count). The van der Waals surface area contributed by atoms with Gasteiger partial charge in [0.2, 0.25) is 0 Å². The minimum absolute atomic E-state index is 0.0667. The molecule has 3 heteroatoms. The number of hydrogen-bond acceptors (Lipinski definition) is 1. The molecule has 0 amide bonds. The van der Waals surface area contributed by atoms with E-state index in [1.165, 1.54) is 0 Å². The molecule has 0 aliphatic heterocycles. The van der Waals surface area contributed by atoms with Gasteiger partial charge in [0, 0.05) is 0 Å². The first-order valence-electron chi connectivity index (χ1n) is 6.09. The lowest BCUT2D eigenvalue weighted by atomic mass is 10.4. The molecule has 0 saturated carbocycles. The average Bonchev–Trinajstić information content (AvgIpc) is 2.46. The topological polar surface area (TPSA) is 17.1 Å². The zero-order valence-corrected chi connectivity index (χ0v) is 12.5. The molecular formula is C16H16OPS+. The lowest BCUT2D eigenvalue weighted by Gasteiger charge is -2.19. The summed E-state index contributed by atoms with van der Waals surface area (Å²) >= 11 is 4.19. The Kier molecular flexibility index (Phi) is 4.57. The largest absolute Gasteiger partial charge is 0.336 e. The van der Waals surface area contributed by atoms with Gasteiger partial charge in [-0.1, -0.05) is 55.1 Å². The van der Waals surface area contributed by atoms with E-state index >= 15 is 0 Å². The first-order chi connectivity index (χ1) is 9.21.